The predicted molar refractivity (Wildman–Crippen MR) is 111 cm³/mol. The Morgan fingerprint density at radius 2 is 1.75 bits per heavy atom. The van der Waals surface area contributed by atoms with Gasteiger partial charge in [0.2, 0.25) is 5.95 Å². The number of aromatic nitrogens is 2. The molecule has 1 aromatic heterocycles. The Labute approximate surface area is 165 Å². The zero-order valence-corrected chi connectivity index (χ0v) is 16.0. The maximum Gasteiger partial charge on any atom is 0.315 e. The third-order valence-electron chi connectivity index (χ3n) is 5.30. The highest BCUT2D eigenvalue weighted by molar-refractivity contribution is 5.86. The van der Waals surface area contributed by atoms with Crippen LogP contribution >= 0.6 is 0 Å². The molecule has 0 aliphatic carbocycles. The van der Waals surface area contributed by atoms with Gasteiger partial charge in [0.25, 0.3) is 0 Å². The maximum atomic E-state index is 12.5. The second-order valence-corrected chi connectivity index (χ2v) is 7.22. The molecule has 0 spiro atoms. The van der Waals surface area contributed by atoms with Crippen LogP contribution in [0.25, 0.3) is 10.8 Å². The molecule has 1 aliphatic heterocycles. The van der Waals surface area contributed by atoms with Crippen LogP contribution in [0.3, 0.4) is 0 Å². The number of rotatable bonds is 4. The van der Waals surface area contributed by atoms with E-state index in [-0.39, 0.29) is 18.1 Å². The van der Waals surface area contributed by atoms with E-state index in [0.717, 1.165) is 37.4 Å². The monoisotopic (exact) mass is 375 g/mol. The van der Waals surface area contributed by atoms with Gasteiger partial charge in [-0.05, 0) is 42.2 Å². The fraction of sp³-hybridized carbons (Fsp3) is 0.318. The van der Waals surface area contributed by atoms with Gasteiger partial charge in [-0.15, -0.1) is 0 Å². The van der Waals surface area contributed by atoms with E-state index in [1.54, 1.807) is 12.4 Å². The summed E-state index contributed by atoms with van der Waals surface area (Å²) in [6.45, 7) is 3.71. The molecule has 144 valence electrons. The molecule has 1 unspecified atom stereocenters. The Bertz CT molecular complexity index is 933. The van der Waals surface area contributed by atoms with E-state index in [1.807, 2.05) is 31.2 Å². The molecule has 6 nitrogen and oxygen atoms in total. The average Bonchev–Trinajstić information content (AvgIpc) is 2.74. The first-order valence-corrected chi connectivity index (χ1v) is 9.77. The van der Waals surface area contributed by atoms with Crippen molar-refractivity contribution < 1.29 is 4.79 Å². The lowest BCUT2D eigenvalue weighted by Gasteiger charge is -2.32. The van der Waals surface area contributed by atoms with Crippen LogP contribution in [0.4, 0.5) is 10.7 Å². The smallest absolute Gasteiger partial charge is 0.315 e. The van der Waals surface area contributed by atoms with E-state index < -0.39 is 0 Å². The molecule has 1 saturated heterocycles. The number of fused-ring (bicyclic) bond motifs is 1. The number of urea groups is 1. The van der Waals surface area contributed by atoms with Crippen molar-refractivity contribution in [3.63, 3.8) is 0 Å². The fourth-order valence-corrected chi connectivity index (χ4v) is 3.81. The highest BCUT2D eigenvalue weighted by Crippen LogP contribution is 2.24. The van der Waals surface area contributed by atoms with Gasteiger partial charge < -0.3 is 15.5 Å². The molecular formula is C22H25N5O. The zero-order valence-electron chi connectivity index (χ0n) is 16.0. The molecule has 4 rings (SSSR count). The largest absolute Gasteiger partial charge is 0.341 e. The SMILES string of the molecule is CC(NC(=O)NC1CCN(c2ncccn2)CC1)c1cccc2ccccc12. The molecule has 2 aromatic carbocycles. The van der Waals surface area contributed by atoms with Gasteiger partial charge in [0.15, 0.2) is 0 Å². The van der Waals surface area contributed by atoms with E-state index in [4.69, 9.17) is 0 Å². The van der Waals surface area contributed by atoms with Crippen molar-refractivity contribution in [2.24, 2.45) is 0 Å². The minimum atomic E-state index is -0.116. The number of anilines is 1. The van der Waals surface area contributed by atoms with Gasteiger partial charge >= 0.3 is 6.03 Å². The molecule has 1 atom stereocenters. The number of nitrogens with zero attached hydrogens (tertiary/aromatic N) is 3. The number of nitrogens with one attached hydrogen (secondary N) is 2. The second kappa shape index (κ2) is 8.25. The molecule has 28 heavy (non-hydrogen) atoms. The predicted octanol–water partition coefficient (Wildman–Crippen LogP) is 3.66. The lowest BCUT2D eigenvalue weighted by molar-refractivity contribution is 0.231. The highest BCUT2D eigenvalue weighted by Gasteiger charge is 2.22. The molecule has 0 saturated carbocycles. The van der Waals surface area contributed by atoms with Crippen molar-refractivity contribution in [2.45, 2.75) is 31.8 Å². The van der Waals surface area contributed by atoms with Crippen molar-refractivity contribution in [2.75, 3.05) is 18.0 Å². The summed E-state index contributed by atoms with van der Waals surface area (Å²) in [7, 11) is 0. The van der Waals surface area contributed by atoms with Gasteiger partial charge in [-0.2, -0.15) is 0 Å². The van der Waals surface area contributed by atoms with Crippen molar-refractivity contribution >= 4 is 22.8 Å². The Balaban J connectivity index is 1.32. The van der Waals surface area contributed by atoms with Crippen LogP contribution in [0, 0.1) is 0 Å². The summed E-state index contributed by atoms with van der Waals surface area (Å²) in [6, 6.07) is 16.3. The molecule has 0 radical (unpaired) electrons. The first-order valence-electron chi connectivity index (χ1n) is 9.77. The summed E-state index contributed by atoms with van der Waals surface area (Å²) in [6.07, 6.45) is 5.28. The third kappa shape index (κ3) is 4.06. The molecule has 2 amide bonds. The number of benzene rings is 2. The maximum absolute atomic E-state index is 12.5. The lowest BCUT2D eigenvalue weighted by Crippen LogP contribution is -2.48. The van der Waals surface area contributed by atoms with E-state index in [0.29, 0.717) is 0 Å². The molecule has 1 aliphatic rings. The van der Waals surface area contributed by atoms with Gasteiger partial charge in [0.1, 0.15) is 0 Å². The highest BCUT2D eigenvalue weighted by atomic mass is 16.2. The zero-order chi connectivity index (χ0) is 19.3. The van der Waals surface area contributed by atoms with Gasteiger partial charge in [0.05, 0.1) is 6.04 Å². The Hall–Kier alpha value is -3.15. The van der Waals surface area contributed by atoms with Crippen LogP contribution in [-0.4, -0.2) is 35.1 Å². The second-order valence-electron chi connectivity index (χ2n) is 7.22. The summed E-state index contributed by atoms with van der Waals surface area (Å²) in [5.41, 5.74) is 1.13. The minimum Gasteiger partial charge on any atom is -0.341 e. The number of carbonyl (C=O) groups excluding carboxylic acids is 1. The summed E-state index contributed by atoms with van der Waals surface area (Å²) in [4.78, 5) is 23.3. The van der Waals surface area contributed by atoms with Gasteiger partial charge in [-0.25, -0.2) is 14.8 Å². The van der Waals surface area contributed by atoms with Crippen LogP contribution in [0.15, 0.2) is 60.9 Å². The average molecular weight is 375 g/mol. The van der Waals surface area contributed by atoms with Crippen LogP contribution in [-0.2, 0) is 0 Å². The number of amides is 2. The number of piperidine rings is 1. The normalized spacial score (nSPS) is 16.0. The Morgan fingerprint density at radius 1 is 1.04 bits per heavy atom. The first-order chi connectivity index (χ1) is 13.7. The van der Waals surface area contributed by atoms with Gasteiger partial charge in [0, 0.05) is 31.5 Å². The summed E-state index contributed by atoms with van der Waals surface area (Å²) in [5, 5.41) is 8.57. The number of hydrogen-bond donors (Lipinski definition) is 2. The fourth-order valence-electron chi connectivity index (χ4n) is 3.81. The Kier molecular flexibility index (Phi) is 5.37. The van der Waals surface area contributed by atoms with Crippen LogP contribution in [0.5, 0.6) is 0 Å². The molecular weight excluding hydrogens is 350 g/mol. The molecule has 0 bridgehead atoms. The van der Waals surface area contributed by atoms with Crippen molar-refractivity contribution in [3.05, 3.63) is 66.5 Å². The third-order valence-corrected chi connectivity index (χ3v) is 5.30. The van der Waals surface area contributed by atoms with Gasteiger partial charge in [-0.1, -0.05) is 42.5 Å². The number of carbonyl (C=O) groups is 1. The van der Waals surface area contributed by atoms with Crippen molar-refractivity contribution in [1.29, 1.82) is 0 Å². The first kappa shape index (κ1) is 18.2. The van der Waals surface area contributed by atoms with Crippen molar-refractivity contribution in [3.8, 4) is 0 Å². The topological polar surface area (TPSA) is 70.2 Å². The Morgan fingerprint density at radius 3 is 2.54 bits per heavy atom. The van der Waals surface area contributed by atoms with Gasteiger partial charge in [-0.3, -0.25) is 0 Å². The van der Waals surface area contributed by atoms with E-state index in [2.05, 4.69) is 49.8 Å². The summed E-state index contributed by atoms with van der Waals surface area (Å²) in [5.74, 6) is 0.759. The van der Waals surface area contributed by atoms with Crippen LogP contribution in [0.1, 0.15) is 31.4 Å². The van der Waals surface area contributed by atoms with E-state index >= 15 is 0 Å². The van der Waals surface area contributed by atoms with E-state index in [9.17, 15) is 4.79 Å². The number of hydrogen-bond acceptors (Lipinski definition) is 4. The quantitative estimate of drug-likeness (QED) is 0.730. The molecule has 2 heterocycles. The summed E-state index contributed by atoms with van der Waals surface area (Å²) < 4.78 is 0. The van der Waals surface area contributed by atoms with Crippen molar-refractivity contribution in [1.82, 2.24) is 20.6 Å². The molecule has 6 heteroatoms. The summed E-state index contributed by atoms with van der Waals surface area (Å²) >= 11 is 0. The van der Waals surface area contributed by atoms with Crippen LogP contribution in [0.2, 0.25) is 0 Å². The lowest BCUT2D eigenvalue weighted by atomic mass is 10.00. The molecule has 2 N–H and O–H groups in total. The standard InChI is InChI=1S/C22H25N5O/c1-16(19-9-4-7-17-6-2-3-8-20(17)19)25-22(28)26-18-10-14-27(15-11-18)21-23-12-5-13-24-21/h2-9,12-13,16,18H,10-11,14-15H2,1H3,(H2,25,26,28). The van der Waals surface area contributed by atoms with Crippen LogP contribution < -0.4 is 15.5 Å². The molecule has 3 aromatic rings. The minimum absolute atomic E-state index is 0.0658. The van der Waals surface area contributed by atoms with E-state index in [1.165, 1.54) is 10.8 Å². The molecule has 1 fully saturated rings.